The van der Waals surface area contributed by atoms with Crippen LogP contribution >= 0.6 is 11.6 Å². The van der Waals surface area contributed by atoms with Crippen molar-refractivity contribution in [2.24, 2.45) is 5.10 Å². The molecule has 0 saturated carbocycles. The Kier molecular flexibility index (Phi) is 8.53. The van der Waals surface area contributed by atoms with E-state index in [1.807, 2.05) is 0 Å². The second kappa shape index (κ2) is 11.8. The molecule has 0 fully saturated rings. The fourth-order valence-electron chi connectivity index (χ4n) is 3.08. The molecule has 0 bridgehead atoms. The van der Waals surface area contributed by atoms with Crippen LogP contribution in [0, 0.1) is 15.9 Å². The van der Waals surface area contributed by atoms with Crippen LogP contribution in [0.2, 0.25) is 5.02 Å². The SMILES string of the molecule is CCOc1cc(C=NNC(=O)Cc2ccccc2[N+](=O)[O-])cc(Cl)c1OCc1cccc(F)c1. The quantitative estimate of drug-likeness (QED) is 0.246. The van der Waals surface area contributed by atoms with E-state index in [0.717, 1.165) is 0 Å². The van der Waals surface area contributed by atoms with E-state index in [1.165, 1.54) is 36.5 Å². The van der Waals surface area contributed by atoms with Crippen LogP contribution in [0.25, 0.3) is 0 Å². The lowest BCUT2D eigenvalue weighted by molar-refractivity contribution is -0.385. The average molecular weight is 486 g/mol. The summed E-state index contributed by atoms with van der Waals surface area (Å²) in [6.45, 7) is 2.24. The standard InChI is InChI=1S/C24H21ClFN3O5/c1-2-33-22-12-17(11-20(25)24(22)34-15-16-6-5-8-19(26)10-16)14-27-28-23(30)13-18-7-3-4-9-21(18)29(31)32/h3-12,14H,2,13,15H2,1H3,(H,28,30). The summed E-state index contributed by atoms with van der Waals surface area (Å²) in [6.07, 6.45) is 1.16. The number of ether oxygens (including phenoxy) is 2. The summed E-state index contributed by atoms with van der Waals surface area (Å²) in [4.78, 5) is 22.7. The molecular formula is C24H21ClFN3O5. The molecule has 0 radical (unpaired) electrons. The Morgan fingerprint density at radius 1 is 1.18 bits per heavy atom. The maximum absolute atomic E-state index is 13.4. The maximum Gasteiger partial charge on any atom is 0.273 e. The highest BCUT2D eigenvalue weighted by atomic mass is 35.5. The number of nitrogens with one attached hydrogen (secondary N) is 1. The number of hydrogen-bond donors (Lipinski definition) is 1. The molecule has 0 atom stereocenters. The molecule has 3 aromatic carbocycles. The van der Waals surface area contributed by atoms with E-state index in [1.54, 1.807) is 37.3 Å². The highest BCUT2D eigenvalue weighted by Crippen LogP contribution is 2.37. The Balaban J connectivity index is 1.68. The Hall–Kier alpha value is -3.98. The monoisotopic (exact) mass is 485 g/mol. The second-order valence-corrected chi connectivity index (χ2v) is 7.44. The number of nitro benzene ring substituents is 1. The van der Waals surface area contributed by atoms with Crippen molar-refractivity contribution in [3.8, 4) is 11.5 Å². The molecular weight excluding hydrogens is 465 g/mol. The largest absolute Gasteiger partial charge is 0.490 e. The van der Waals surface area contributed by atoms with Crippen molar-refractivity contribution in [3.05, 3.63) is 98.3 Å². The van der Waals surface area contributed by atoms with Crippen LogP contribution in [-0.4, -0.2) is 23.7 Å². The Morgan fingerprint density at radius 2 is 1.97 bits per heavy atom. The first kappa shape index (κ1) is 24.7. The molecule has 0 spiro atoms. The van der Waals surface area contributed by atoms with Gasteiger partial charge in [-0.15, -0.1) is 0 Å². The minimum atomic E-state index is -0.541. The van der Waals surface area contributed by atoms with Crippen molar-refractivity contribution >= 4 is 29.4 Å². The fraction of sp³-hybridized carbons (Fsp3) is 0.167. The van der Waals surface area contributed by atoms with Gasteiger partial charge in [-0.25, -0.2) is 9.82 Å². The van der Waals surface area contributed by atoms with Gasteiger partial charge in [-0.05, 0) is 42.3 Å². The van der Waals surface area contributed by atoms with Crippen molar-refractivity contribution in [2.45, 2.75) is 20.0 Å². The molecule has 8 nitrogen and oxygen atoms in total. The lowest BCUT2D eigenvalue weighted by Crippen LogP contribution is -2.20. The topological polar surface area (TPSA) is 103 Å². The van der Waals surface area contributed by atoms with E-state index in [9.17, 15) is 19.3 Å². The summed E-state index contributed by atoms with van der Waals surface area (Å²) in [7, 11) is 0. The van der Waals surface area contributed by atoms with Crippen LogP contribution in [-0.2, 0) is 17.8 Å². The number of nitro groups is 1. The number of nitrogens with zero attached hydrogens (tertiary/aromatic N) is 2. The Morgan fingerprint density at radius 3 is 2.71 bits per heavy atom. The van der Waals surface area contributed by atoms with Gasteiger partial charge >= 0.3 is 0 Å². The molecule has 176 valence electrons. The van der Waals surface area contributed by atoms with Crippen LogP contribution in [0.4, 0.5) is 10.1 Å². The first-order chi connectivity index (χ1) is 16.4. The lowest BCUT2D eigenvalue weighted by Gasteiger charge is -2.14. The van der Waals surface area contributed by atoms with Gasteiger partial charge in [0, 0.05) is 11.6 Å². The van der Waals surface area contributed by atoms with Crippen LogP contribution in [0.5, 0.6) is 11.5 Å². The number of para-hydroxylation sites is 1. The predicted molar refractivity (Wildman–Crippen MR) is 126 cm³/mol. The Bertz CT molecular complexity index is 1220. The summed E-state index contributed by atoms with van der Waals surface area (Å²) in [5.41, 5.74) is 3.64. The zero-order valence-electron chi connectivity index (χ0n) is 18.2. The summed E-state index contributed by atoms with van der Waals surface area (Å²) >= 11 is 6.37. The minimum absolute atomic E-state index is 0.0900. The van der Waals surface area contributed by atoms with Crippen molar-refractivity contribution in [2.75, 3.05) is 6.61 Å². The third-order valence-corrected chi connectivity index (χ3v) is 4.83. The minimum Gasteiger partial charge on any atom is -0.490 e. The third kappa shape index (κ3) is 6.76. The molecule has 3 rings (SSSR count). The molecule has 1 N–H and O–H groups in total. The maximum atomic E-state index is 13.4. The molecule has 0 heterocycles. The van der Waals surface area contributed by atoms with E-state index in [4.69, 9.17) is 21.1 Å². The molecule has 0 aliphatic heterocycles. The summed E-state index contributed by atoms with van der Waals surface area (Å²) in [5, 5.41) is 15.2. The van der Waals surface area contributed by atoms with Gasteiger partial charge in [-0.1, -0.05) is 41.9 Å². The second-order valence-electron chi connectivity index (χ2n) is 7.04. The third-order valence-electron chi connectivity index (χ3n) is 4.55. The number of hydrazone groups is 1. The zero-order chi connectivity index (χ0) is 24.5. The van der Waals surface area contributed by atoms with Crippen molar-refractivity contribution in [1.82, 2.24) is 5.43 Å². The van der Waals surface area contributed by atoms with Gasteiger partial charge in [0.1, 0.15) is 12.4 Å². The Labute approximate surface area is 200 Å². The van der Waals surface area contributed by atoms with Crippen LogP contribution in [0.1, 0.15) is 23.6 Å². The van der Waals surface area contributed by atoms with E-state index in [-0.39, 0.29) is 35.1 Å². The van der Waals surface area contributed by atoms with Gasteiger partial charge in [-0.3, -0.25) is 14.9 Å². The van der Waals surface area contributed by atoms with Crippen molar-refractivity contribution < 1.29 is 23.6 Å². The van der Waals surface area contributed by atoms with E-state index >= 15 is 0 Å². The normalized spacial score (nSPS) is 10.8. The molecule has 0 saturated heterocycles. The highest BCUT2D eigenvalue weighted by Gasteiger charge is 2.15. The van der Waals surface area contributed by atoms with Gasteiger partial charge in [0.05, 0.1) is 29.2 Å². The molecule has 1 amide bonds. The van der Waals surface area contributed by atoms with Crippen molar-refractivity contribution in [3.63, 3.8) is 0 Å². The van der Waals surface area contributed by atoms with Gasteiger partial charge in [0.25, 0.3) is 5.69 Å². The molecule has 34 heavy (non-hydrogen) atoms. The van der Waals surface area contributed by atoms with Gasteiger partial charge in [0.2, 0.25) is 5.91 Å². The smallest absolute Gasteiger partial charge is 0.273 e. The van der Waals surface area contributed by atoms with Crippen molar-refractivity contribution in [1.29, 1.82) is 0 Å². The lowest BCUT2D eigenvalue weighted by atomic mass is 10.1. The van der Waals surface area contributed by atoms with Crippen LogP contribution in [0.3, 0.4) is 0 Å². The molecule has 0 aliphatic carbocycles. The van der Waals surface area contributed by atoms with Gasteiger partial charge in [-0.2, -0.15) is 5.10 Å². The van der Waals surface area contributed by atoms with Gasteiger partial charge in [0.15, 0.2) is 11.5 Å². The number of halogens is 2. The van der Waals surface area contributed by atoms with Gasteiger partial charge < -0.3 is 9.47 Å². The number of hydrogen-bond acceptors (Lipinski definition) is 6. The van der Waals surface area contributed by atoms with E-state index < -0.39 is 10.8 Å². The average Bonchev–Trinajstić information content (AvgIpc) is 2.79. The van der Waals surface area contributed by atoms with Crippen LogP contribution < -0.4 is 14.9 Å². The number of amides is 1. The number of carbonyl (C=O) groups excluding carboxylic acids is 1. The number of rotatable bonds is 10. The number of carbonyl (C=O) groups is 1. The first-order valence-electron chi connectivity index (χ1n) is 10.2. The van der Waals surface area contributed by atoms with Crippen LogP contribution in [0.15, 0.2) is 65.8 Å². The molecule has 10 heteroatoms. The molecule has 0 aromatic heterocycles. The molecule has 3 aromatic rings. The number of benzene rings is 3. The molecule has 0 unspecified atom stereocenters. The predicted octanol–water partition coefficient (Wildman–Crippen LogP) is 5.06. The fourth-order valence-corrected chi connectivity index (χ4v) is 3.35. The molecule has 0 aliphatic rings. The summed E-state index contributed by atoms with van der Waals surface area (Å²) < 4.78 is 24.8. The zero-order valence-corrected chi connectivity index (χ0v) is 18.9. The highest BCUT2D eigenvalue weighted by molar-refractivity contribution is 6.32. The van der Waals surface area contributed by atoms with E-state index in [0.29, 0.717) is 29.2 Å². The summed E-state index contributed by atoms with van der Waals surface area (Å²) in [6, 6.07) is 15.2. The first-order valence-corrected chi connectivity index (χ1v) is 10.6. The summed E-state index contributed by atoms with van der Waals surface area (Å²) in [5.74, 6) is -0.228. The van der Waals surface area contributed by atoms with E-state index in [2.05, 4.69) is 10.5 Å².